The van der Waals surface area contributed by atoms with Gasteiger partial charge in [0.05, 0.1) is 12.7 Å². The van der Waals surface area contributed by atoms with Gasteiger partial charge in [0, 0.05) is 18.1 Å². The third kappa shape index (κ3) is 3.31. The Labute approximate surface area is 144 Å². The van der Waals surface area contributed by atoms with Gasteiger partial charge >= 0.3 is 0 Å². The number of carbonyl (C=O) groups excluding carboxylic acids is 1. The average molecular weight is 345 g/mol. The van der Waals surface area contributed by atoms with E-state index in [9.17, 15) is 9.59 Å². The Kier molecular flexibility index (Phi) is 4.89. The Balaban J connectivity index is 2.06. The summed E-state index contributed by atoms with van der Waals surface area (Å²) in [6, 6.07) is 7.44. The van der Waals surface area contributed by atoms with Crippen molar-refractivity contribution in [3.05, 3.63) is 45.7 Å². The second kappa shape index (κ2) is 7.09. The molecule has 7 heteroatoms. The third-order valence-electron chi connectivity index (χ3n) is 3.87. The van der Waals surface area contributed by atoms with Crippen LogP contribution in [0.3, 0.4) is 0 Å². The number of hydrogen-bond donors (Lipinski definition) is 2. The van der Waals surface area contributed by atoms with Crippen LogP contribution in [0.2, 0.25) is 0 Å². The van der Waals surface area contributed by atoms with E-state index in [1.54, 1.807) is 7.11 Å². The van der Waals surface area contributed by atoms with Gasteiger partial charge in [-0.2, -0.15) is 0 Å². The number of methoxy groups -OCH3 is 1. The molecule has 1 atom stereocenters. The molecule has 2 N–H and O–H groups in total. The zero-order chi connectivity index (χ0) is 17.1. The number of thioether (sulfide) groups is 1. The van der Waals surface area contributed by atoms with Crippen LogP contribution in [-0.2, 0) is 4.79 Å². The molecule has 24 heavy (non-hydrogen) atoms. The van der Waals surface area contributed by atoms with Crippen molar-refractivity contribution in [2.24, 2.45) is 0 Å². The van der Waals surface area contributed by atoms with E-state index in [-0.39, 0.29) is 23.8 Å². The van der Waals surface area contributed by atoms with Crippen molar-refractivity contribution in [2.75, 3.05) is 18.2 Å². The van der Waals surface area contributed by atoms with Crippen molar-refractivity contribution in [1.82, 2.24) is 9.97 Å². The van der Waals surface area contributed by atoms with Crippen LogP contribution in [0, 0.1) is 0 Å². The first-order valence-corrected chi connectivity index (χ1v) is 8.81. The summed E-state index contributed by atoms with van der Waals surface area (Å²) in [5.41, 5.74) is 1.17. The van der Waals surface area contributed by atoms with Crippen molar-refractivity contribution >= 4 is 23.5 Å². The quantitative estimate of drug-likeness (QED) is 0.643. The van der Waals surface area contributed by atoms with Crippen LogP contribution in [0.4, 0.5) is 5.82 Å². The lowest BCUT2D eigenvalue weighted by atomic mass is 9.87. The minimum absolute atomic E-state index is 0.139. The molecule has 1 aromatic heterocycles. The Morgan fingerprint density at radius 2 is 2.21 bits per heavy atom. The van der Waals surface area contributed by atoms with Gasteiger partial charge < -0.3 is 15.0 Å². The number of rotatable bonds is 5. The Hall–Kier alpha value is -2.28. The molecule has 0 aliphatic carbocycles. The van der Waals surface area contributed by atoms with Gasteiger partial charge in [-0.15, -0.1) is 0 Å². The highest BCUT2D eigenvalue weighted by atomic mass is 32.2. The van der Waals surface area contributed by atoms with Gasteiger partial charge in [0.25, 0.3) is 5.56 Å². The maximum absolute atomic E-state index is 12.6. The van der Waals surface area contributed by atoms with Gasteiger partial charge in [-0.3, -0.25) is 9.59 Å². The normalized spacial score (nSPS) is 16.4. The molecule has 0 fully saturated rings. The first kappa shape index (κ1) is 16.6. The number of carbonyl (C=O) groups is 1. The van der Waals surface area contributed by atoms with E-state index in [0.717, 1.165) is 17.7 Å². The summed E-state index contributed by atoms with van der Waals surface area (Å²) >= 11 is 1.47. The molecule has 1 unspecified atom stereocenters. The number of aromatic nitrogens is 2. The molecule has 0 spiro atoms. The second-order valence-corrected chi connectivity index (χ2v) is 6.65. The Morgan fingerprint density at radius 1 is 1.38 bits per heavy atom. The fraction of sp³-hybridized carbons (Fsp3) is 0.353. The first-order chi connectivity index (χ1) is 11.6. The van der Waals surface area contributed by atoms with Gasteiger partial charge in [-0.25, -0.2) is 4.98 Å². The molecule has 1 aromatic carbocycles. The summed E-state index contributed by atoms with van der Waals surface area (Å²) in [5, 5.41) is 3.27. The maximum Gasteiger partial charge on any atom is 0.257 e. The molecule has 0 bridgehead atoms. The van der Waals surface area contributed by atoms with Gasteiger partial charge in [-0.1, -0.05) is 30.8 Å². The number of nitrogens with one attached hydrogen (secondary N) is 2. The lowest BCUT2D eigenvalue weighted by Gasteiger charge is -2.24. The lowest BCUT2D eigenvalue weighted by Crippen LogP contribution is -2.31. The predicted molar refractivity (Wildman–Crippen MR) is 94.0 cm³/mol. The molecule has 2 aromatic rings. The van der Waals surface area contributed by atoms with E-state index >= 15 is 0 Å². The highest BCUT2D eigenvalue weighted by molar-refractivity contribution is 7.99. The second-order valence-electron chi connectivity index (χ2n) is 5.56. The minimum Gasteiger partial charge on any atom is -0.497 e. The van der Waals surface area contributed by atoms with Crippen molar-refractivity contribution in [2.45, 2.75) is 30.8 Å². The van der Waals surface area contributed by atoms with Crippen molar-refractivity contribution in [3.63, 3.8) is 0 Å². The summed E-state index contributed by atoms with van der Waals surface area (Å²) < 4.78 is 5.25. The van der Waals surface area contributed by atoms with Crippen molar-refractivity contribution in [1.29, 1.82) is 0 Å². The molecule has 0 saturated heterocycles. The van der Waals surface area contributed by atoms with E-state index < -0.39 is 0 Å². The molecular formula is C17H19N3O3S. The molecular weight excluding hydrogens is 326 g/mol. The monoisotopic (exact) mass is 345 g/mol. The van der Waals surface area contributed by atoms with Crippen LogP contribution in [-0.4, -0.2) is 28.7 Å². The Morgan fingerprint density at radius 3 is 2.96 bits per heavy atom. The number of benzene rings is 1. The molecule has 0 saturated carbocycles. The van der Waals surface area contributed by atoms with Crippen molar-refractivity contribution in [3.8, 4) is 5.75 Å². The van der Waals surface area contributed by atoms with Crippen LogP contribution in [0.25, 0.3) is 0 Å². The summed E-state index contributed by atoms with van der Waals surface area (Å²) in [5.74, 6) is 1.45. The fourth-order valence-electron chi connectivity index (χ4n) is 2.76. The number of amides is 1. The number of ether oxygens (including phenoxy) is 1. The van der Waals surface area contributed by atoms with E-state index in [2.05, 4.69) is 22.2 Å². The van der Waals surface area contributed by atoms with E-state index in [4.69, 9.17) is 4.74 Å². The molecule has 2 heterocycles. The largest absolute Gasteiger partial charge is 0.497 e. The highest BCUT2D eigenvalue weighted by Crippen LogP contribution is 2.35. The number of hydrogen-bond acceptors (Lipinski definition) is 5. The van der Waals surface area contributed by atoms with E-state index in [1.807, 2.05) is 24.3 Å². The van der Waals surface area contributed by atoms with Gasteiger partial charge in [0.2, 0.25) is 5.91 Å². The summed E-state index contributed by atoms with van der Waals surface area (Å²) in [6.45, 7) is 2.06. The molecule has 126 valence electrons. The number of aromatic amines is 1. The number of fused-ring (bicyclic) bond motifs is 1. The molecule has 0 radical (unpaired) electrons. The fourth-order valence-corrected chi connectivity index (χ4v) is 3.48. The van der Waals surface area contributed by atoms with Crippen LogP contribution < -0.4 is 15.6 Å². The molecule has 1 amide bonds. The van der Waals surface area contributed by atoms with Crippen LogP contribution >= 0.6 is 11.8 Å². The summed E-state index contributed by atoms with van der Waals surface area (Å²) in [4.78, 5) is 32.0. The van der Waals surface area contributed by atoms with Crippen LogP contribution in [0.5, 0.6) is 5.75 Å². The lowest BCUT2D eigenvalue weighted by molar-refractivity contribution is -0.116. The molecule has 3 rings (SSSR count). The highest BCUT2D eigenvalue weighted by Gasteiger charge is 2.31. The molecule has 1 aliphatic heterocycles. The van der Waals surface area contributed by atoms with Crippen molar-refractivity contribution < 1.29 is 9.53 Å². The standard InChI is InChI=1S/C17H19N3O3S/c1-3-7-24-17-19-15-14(16(22)20-17)12(9-13(21)18-15)10-5-4-6-11(8-10)23-2/h4-6,8,12H,3,7,9H2,1-2H3,(H2,18,19,20,21,22). The van der Waals surface area contributed by atoms with E-state index in [1.165, 1.54) is 11.8 Å². The first-order valence-electron chi connectivity index (χ1n) is 7.83. The molecule has 1 aliphatic rings. The molecule has 6 nitrogen and oxygen atoms in total. The predicted octanol–water partition coefficient (Wildman–Crippen LogP) is 2.75. The maximum atomic E-state index is 12.6. The average Bonchev–Trinajstić information content (AvgIpc) is 2.59. The van der Waals surface area contributed by atoms with Gasteiger partial charge in [-0.05, 0) is 24.1 Å². The topological polar surface area (TPSA) is 84.1 Å². The SMILES string of the molecule is CCCSc1nc2c(c(=O)[nH]1)C(c1cccc(OC)c1)CC(=O)N2. The zero-order valence-corrected chi connectivity index (χ0v) is 14.4. The van der Waals surface area contributed by atoms with Crippen LogP contribution in [0.1, 0.15) is 36.8 Å². The Bertz CT molecular complexity index is 819. The van der Waals surface area contributed by atoms with Crippen LogP contribution in [0.15, 0.2) is 34.2 Å². The number of H-pyrrole nitrogens is 1. The smallest absolute Gasteiger partial charge is 0.257 e. The van der Waals surface area contributed by atoms with Gasteiger partial charge in [0.15, 0.2) is 5.16 Å². The van der Waals surface area contributed by atoms with E-state index in [0.29, 0.717) is 22.3 Å². The number of nitrogens with zero attached hydrogens (tertiary/aromatic N) is 1. The third-order valence-corrected chi connectivity index (χ3v) is 4.95. The summed E-state index contributed by atoms with van der Waals surface area (Å²) in [7, 11) is 1.59. The number of anilines is 1. The van der Waals surface area contributed by atoms with Gasteiger partial charge in [0.1, 0.15) is 11.6 Å². The summed E-state index contributed by atoms with van der Waals surface area (Å²) in [6.07, 6.45) is 1.19. The minimum atomic E-state index is -0.328. The zero-order valence-electron chi connectivity index (χ0n) is 13.6.